The molecule has 1 aliphatic carbocycles. The third kappa shape index (κ3) is 33.1. The maximum atomic E-state index is 13.0. The number of carbonyl (C=O) groups excluding carboxylic acids is 2. The Morgan fingerprint density at radius 3 is 1.69 bits per heavy atom. The monoisotopic (exact) mass is 1010 g/mol. The smallest absolute Gasteiger partial charge is 0.462 e. The van der Waals surface area contributed by atoms with E-state index < -0.39 is 89.6 Å². The van der Waals surface area contributed by atoms with Gasteiger partial charge >= 0.3 is 27.6 Å². The zero-order valence-corrected chi connectivity index (χ0v) is 42.2. The lowest BCUT2D eigenvalue weighted by Gasteiger charge is -2.43. The lowest BCUT2D eigenvalue weighted by molar-refractivity contribution is -0.216. The molecule has 0 aromatic rings. The molecule has 68 heavy (non-hydrogen) atoms. The van der Waals surface area contributed by atoms with E-state index in [1.165, 1.54) is 38.5 Å². The van der Waals surface area contributed by atoms with Gasteiger partial charge in [0.05, 0.1) is 12.7 Å². The van der Waals surface area contributed by atoms with Crippen LogP contribution in [0.2, 0.25) is 0 Å². The summed E-state index contributed by atoms with van der Waals surface area (Å²) in [6, 6.07) is 0. The van der Waals surface area contributed by atoms with Crippen molar-refractivity contribution in [3.63, 3.8) is 0 Å². The SMILES string of the molecule is CC/C=C\C(O)C/C=C/C=C\C/C=C\C/C=C\CCCC(=O)O[C@H](COC(=O)CCCCCCCCC/C=C\CCCCCCCC)COP(=O)(O)O[C@H]1C(O)C(O)C(O)[C@@H](OP(=O)(O)O)C1O. The Labute approximate surface area is 404 Å². The van der Waals surface area contributed by atoms with Crippen molar-refractivity contribution in [2.24, 2.45) is 0 Å². The fraction of sp³-hybridized carbons (Fsp3) is 0.714. The molecule has 19 heteroatoms. The number of unbranched alkanes of at least 4 members (excludes halogenated alkanes) is 14. The predicted molar refractivity (Wildman–Crippen MR) is 261 cm³/mol. The third-order valence-electron chi connectivity index (χ3n) is 10.8. The van der Waals surface area contributed by atoms with Crippen molar-refractivity contribution < 1.29 is 82.0 Å². The fourth-order valence-corrected chi connectivity index (χ4v) is 8.56. The van der Waals surface area contributed by atoms with E-state index >= 15 is 0 Å². The second kappa shape index (κ2) is 39.1. The summed E-state index contributed by atoms with van der Waals surface area (Å²) in [5.41, 5.74) is 0. The van der Waals surface area contributed by atoms with E-state index in [1.54, 1.807) is 6.08 Å². The number of hydrogen-bond acceptors (Lipinski definition) is 14. The standard InChI is InChI=1S/C49H84O17P2/c1-3-5-7-8-9-10-11-12-13-14-15-16-20-23-26-29-32-36-42(51)62-38-41(39-63-68(60,61)66-49-46(55)44(53)45(54)48(47(49)56)65-67(57,58)59)64-43(52)37-33-30-27-24-21-18-17-19-22-25-28-31-35-40(50)34-6-4-2/h6,12-13,17-18,22,24-25,27-28,31,34,40-41,44-50,53-56H,3-5,7-11,14-16,19-21,23,26,29-30,32-33,35-39H2,1-2H3,(H,60,61)(H2,57,58,59)/b13-12-,18-17-,25-22-,27-24-,31-28+,34-6-/t40?,41-,44?,45?,46?,47?,48-,49+/m1/s1. The number of phosphoric ester groups is 2. The van der Waals surface area contributed by atoms with Crippen molar-refractivity contribution in [1.82, 2.24) is 0 Å². The molecule has 1 fully saturated rings. The largest absolute Gasteiger partial charge is 0.472 e. The molecule has 0 bridgehead atoms. The number of esters is 2. The first-order valence-electron chi connectivity index (χ1n) is 24.6. The van der Waals surface area contributed by atoms with Crippen LogP contribution in [0.3, 0.4) is 0 Å². The summed E-state index contributed by atoms with van der Waals surface area (Å²) in [6.07, 6.45) is 29.1. The van der Waals surface area contributed by atoms with Gasteiger partial charge in [0.25, 0.3) is 0 Å². The van der Waals surface area contributed by atoms with Gasteiger partial charge in [-0.1, -0.05) is 151 Å². The van der Waals surface area contributed by atoms with Gasteiger partial charge in [0, 0.05) is 12.8 Å². The Morgan fingerprint density at radius 1 is 0.559 bits per heavy atom. The highest BCUT2D eigenvalue weighted by atomic mass is 31.2. The molecule has 0 radical (unpaired) electrons. The highest BCUT2D eigenvalue weighted by Gasteiger charge is 2.54. The fourth-order valence-electron chi connectivity index (χ4n) is 7.02. The highest BCUT2D eigenvalue weighted by molar-refractivity contribution is 7.47. The normalized spacial score (nSPS) is 22.3. The molecule has 1 rings (SSSR count). The molecule has 17 nitrogen and oxygen atoms in total. The van der Waals surface area contributed by atoms with Crippen molar-refractivity contribution in [1.29, 1.82) is 0 Å². The minimum atomic E-state index is -5.38. The van der Waals surface area contributed by atoms with Crippen molar-refractivity contribution in [2.45, 2.75) is 210 Å². The summed E-state index contributed by atoms with van der Waals surface area (Å²) in [5, 5.41) is 51.1. The summed E-state index contributed by atoms with van der Waals surface area (Å²) >= 11 is 0. The highest BCUT2D eigenvalue weighted by Crippen LogP contribution is 2.49. The molecule has 0 aromatic heterocycles. The van der Waals surface area contributed by atoms with Gasteiger partial charge in [0.2, 0.25) is 0 Å². The molecular weight excluding hydrogens is 922 g/mol. The van der Waals surface area contributed by atoms with Gasteiger partial charge in [0.15, 0.2) is 6.10 Å². The molecule has 392 valence electrons. The number of hydrogen-bond donors (Lipinski definition) is 8. The molecule has 0 amide bonds. The number of rotatable bonds is 40. The van der Waals surface area contributed by atoms with Crippen LogP contribution in [0, 0.1) is 0 Å². The second-order valence-corrected chi connectivity index (χ2v) is 19.6. The summed E-state index contributed by atoms with van der Waals surface area (Å²) in [5.74, 6) is -1.31. The summed E-state index contributed by atoms with van der Waals surface area (Å²) < 4.78 is 49.3. The van der Waals surface area contributed by atoms with Crippen LogP contribution in [0.1, 0.15) is 162 Å². The van der Waals surface area contributed by atoms with Crippen molar-refractivity contribution in [3.05, 3.63) is 72.9 Å². The van der Waals surface area contributed by atoms with Gasteiger partial charge in [-0.3, -0.25) is 23.2 Å². The number of allylic oxidation sites excluding steroid dienone is 10. The Balaban J connectivity index is 2.63. The number of phosphoric acid groups is 2. The number of aliphatic hydroxyl groups is 5. The van der Waals surface area contributed by atoms with Crippen LogP contribution < -0.4 is 0 Å². The topological polar surface area (TPSA) is 276 Å². The number of carbonyl (C=O) groups is 2. The lowest BCUT2D eigenvalue weighted by atomic mass is 9.85. The Morgan fingerprint density at radius 2 is 1.07 bits per heavy atom. The van der Waals surface area contributed by atoms with Crippen LogP contribution >= 0.6 is 15.6 Å². The Hall–Kier alpha value is -2.60. The van der Waals surface area contributed by atoms with Gasteiger partial charge in [-0.2, -0.15) is 0 Å². The minimum Gasteiger partial charge on any atom is -0.462 e. The molecular formula is C49H84O17P2. The molecule has 0 heterocycles. The van der Waals surface area contributed by atoms with Crippen LogP contribution in [0.4, 0.5) is 0 Å². The summed E-state index contributed by atoms with van der Waals surface area (Å²) in [4.78, 5) is 54.3. The molecule has 1 aliphatic rings. The van der Waals surface area contributed by atoms with Gasteiger partial charge in [0.1, 0.15) is 43.2 Å². The quantitative estimate of drug-likeness (QED) is 0.00938. The van der Waals surface area contributed by atoms with E-state index in [0.29, 0.717) is 32.1 Å². The molecule has 0 aromatic carbocycles. The van der Waals surface area contributed by atoms with Crippen LogP contribution in [0.25, 0.3) is 0 Å². The van der Waals surface area contributed by atoms with Gasteiger partial charge < -0.3 is 49.7 Å². The van der Waals surface area contributed by atoms with E-state index in [9.17, 15) is 58.9 Å². The first kappa shape index (κ1) is 63.4. The lowest BCUT2D eigenvalue weighted by Crippen LogP contribution is -2.64. The maximum absolute atomic E-state index is 13.0. The first-order valence-corrected chi connectivity index (χ1v) is 27.6. The Bertz CT molecular complexity index is 1610. The number of ether oxygens (including phenoxy) is 2. The molecule has 6 unspecified atom stereocenters. The van der Waals surface area contributed by atoms with Crippen LogP contribution in [-0.4, -0.2) is 114 Å². The van der Waals surface area contributed by atoms with Gasteiger partial charge in [-0.15, -0.1) is 0 Å². The van der Waals surface area contributed by atoms with Crippen molar-refractivity contribution >= 4 is 27.6 Å². The van der Waals surface area contributed by atoms with Gasteiger partial charge in [-0.05, 0) is 70.6 Å². The minimum absolute atomic E-state index is 0.0558. The number of aliphatic hydroxyl groups excluding tert-OH is 5. The van der Waals surface area contributed by atoms with E-state index in [0.717, 1.165) is 64.2 Å². The molecule has 8 N–H and O–H groups in total. The first-order chi connectivity index (χ1) is 32.5. The van der Waals surface area contributed by atoms with E-state index in [2.05, 4.69) is 23.6 Å². The molecule has 9 atom stereocenters. The Kier molecular flexibility index (Phi) is 36.4. The molecule has 0 spiro atoms. The zero-order chi connectivity index (χ0) is 50.5. The zero-order valence-electron chi connectivity index (χ0n) is 40.4. The second-order valence-electron chi connectivity index (χ2n) is 17.0. The molecule has 1 saturated carbocycles. The van der Waals surface area contributed by atoms with Gasteiger partial charge in [-0.25, -0.2) is 9.13 Å². The van der Waals surface area contributed by atoms with E-state index in [-0.39, 0.29) is 12.8 Å². The van der Waals surface area contributed by atoms with E-state index in [4.69, 9.17) is 18.5 Å². The predicted octanol–water partition coefficient (Wildman–Crippen LogP) is 8.59. The summed E-state index contributed by atoms with van der Waals surface area (Å²) in [6.45, 7) is 2.82. The van der Waals surface area contributed by atoms with Crippen molar-refractivity contribution in [2.75, 3.05) is 13.2 Å². The third-order valence-corrected chi connectivity index (χ3v) is 12.3. The van der Waals surface area contributed by atoms with Crippen LogP contribution in [0.15, 0.2) is 72.9 Å². The summed E-state index contributed by atoms with van der Waals surface area (Å²) in [7, 11) is -10.7. The van der Waals surface area contributed by atoms with Crippen molar-refractivity contribution in [3.8, 4) is 0 Å². The van der Waals surface area contributed by atoms with Crippen LogP contribution in [0.5, 0.6) is 0 Å². The average Bonchev–Trinajstić information content (AvgIpc) is 3.29. The van der Waals surface area contributed by atoms with E-state index in [1.807, 2.05) is 61.6 Å². The average molecular weight is 1010 g/mol. The van der Waals surface area contributed by atoms with Crippen LogP contribution in [-0.2, 0) is 41.8 Å². The maximum Gasteiger partial charge on any atom is 0.472 e. The molecule has 0 saturated heterocycles. The molecule has 0 aliphatic heterocycles.